The number of fused-ring (bicyclic) bond motifs is 1. The molecule has 2 heterocycles. The Morgan fingerprint density at radius 1 is 1.18 bits per heavy atom. The highest BCUT2D eigenvalue weighted by Crippen LogP contribution is 2.24. The van der Waals surface area contributed by atoms with Gasteiger partial charge in [0.25, 0.3) is 0 Å². The summed E-state index contributed by atoms with van der Waals surface area (Å²) in [6.07, 6.45) is 7.26. The number of nitrogens with zero attached hydrogens (tertiary/aromatic N) is 2. The first kappa shape index (κ1) is 10.5. The Morgan fingerprint density at radius 3 is 2.94 bits per heavy atom. The smallest absolute Gasteiger partial charge is 0.0346 e. The molecule has 2 heteroatoms. The molecule has 86 valence electrons. The van der Waals surface area contributed by atoms with E-state index in [2.05, 4.69) is 47.3 Å². The van der Waals surface area contributed by atoms with Gasteiger partial charge in [-0.1, -0.05) is 18.2 Å². The Labute approximate surface area is 102 Å². The maximum absolute atomic E-state index is 4.14. The monoisotopic (exact) mass is 224 g/mol. The van der Waals surface area contributed by atoms with Gasteiger partial charge >= 0.3 is 0 Å². The zero-order valence-electron chi connectivity index (χ0n) is 10.1. The van der Waals surface area contributed by atoms with Gasteiger partial charge < -0.3 is 4.90 Å². The molecule has 2 nitrogen and oxygen atoms in total. The van der Waals surface area contributed by atoms with Gasteiger partial charge in [0.1, 0.15) is 0 Å². The number of rotatable bonds is 1. The highest BCUT2D eigenvalue weighted by molar-refractivity contribution is 5.85. The standard InChI is InChI=1S/C15H16N2/c1-17-8-5-12(6-9-17)13-2-3-15-11-16-7-4-14(15)10-13/h2-5,7,10-11H,6,8-9H2,1H3. The van der Waals surface area contributed by atoms with Crippen molar-refractivity contribution in [2.45, 2.75) is 6.42 Å². The second-order valence-electron chi connectivity index (χ2n) is 4.68. The van der Waals surface area contributed by atoms with Gasteiger partial charge in [-0.15, -0.1) is 0 Å². The second-order valence-corrected chi connectivity index (χ2v) is 4.68. The van der Waals surface area contributed by atoms with Crippen LogP contribution in [0.3, 0.4) is 0 Å². The van der Waals surface area contributed by atoms with Crippen molar-refractivity contribution in [1.82, 2.24) is 9.88 Å². The van der Waals surface area contributed by atoms with E-state index in [1.165, 1.54) is 21.9 Å². The largest absolute Gasteiger partial charge is 0.302 e. The third-order valence-corrected chi connectivity index (χ3v) is 3.42. The summed E-state index contributed by atoms with van der Waals surface area (Å²) in [7, 11) is 2.17. The van der Waals surface area contributed by atoms with E-state index < -0.39 is 0 Å². The fourth-order valence-electron chi connectivity index (χ4n) is 2.32. The van der Waals surface area contributed by atoms with Crippen molar-refractivity contribution in [1.29, 1.82) is 0 Å². The van der Waals surface area contributed by atoms with E-state index in [1.807, 2.05) is 12.4 Å². The van der Waals surface area contributed by atoms with Crippen LogP contribution in [0.5, 0.6) is 0 Å². The van der Waals surface area contributed by atoms with Crippen LogP contribution < -0.4 is 0 Å². The van der Waals surface area contributed by atoms with Crippen LogP contribution in [0, 0.1) is 0 Å². The first-order valence-corrected chi connectivity index (χ1v) is 6.05. The Morgan fingerprint density at radius 2 is 2.12 bits per heavy atom. The molecular weight excluding hydrogens is 208 g/mol. The summed E-state index contributed by atoms with van der Waals surface area (Å²) in [6.45, 7) is 2.21. The average molecular weight is 224 g/mol. The van der Waals surface area contributed by atoms with E-state index in [4.69, 9.17) is 0 Å². The Kier molecular flexibility index (Phi) is 2.65. The molecule has 1 aromatic carbocycles. The molecule has 0 atom stereocenters. The van der Waals surface area contributed by atoms with Crippen LogP contribution in [-0.4, -0.2) is 30.0 Å². The minimum atomic E-state index is 1.06. The minimum Gasteiger partial charge on any atom is -0.302 e. The van der Waals surface area contributed by atoms with E-state index in [1.54, 1.807) is 0 Å². The molecule has 0 fully saturated rings. The van der Waals surface area contributed by atoms with Crippen LogP contribution in [0.1, 0.15) is 12.0 Å². The van der Waals surface area contributed by atoms with Crippen molar-refractivity contribution in [3.8, 4) is 0 Å². The van der Waals surface area contributed by atoms with Crippen molar-refractivity contribution >= 4 is 16.3 Å². The zero-order valence-corrected chi connectivity index (χ0v) is 10.1. The second kappa shape index (κ2) is 4.30. The van der Waals surface area contributed by atoms with Crippen LogP contribution in [0.15, 0.2) is 42.7 Å². The van der Waals surface area contributed by atoms with Gasteiger partial charge in [0.15, 0.2) is 0 Å². The molecule has 1 aliphatic heterocycles. The molecule has 0 saturated heterocycles. The van der Waals surface area contributed by atoms with Crippen molar-refractivity contribution in [2.24, 2.45) is 0 Å². The van der Waals surface area contributed by atoms with Crippen molar-refractivity contribution in [3.63, 3.8) is 0 Å². The lowest BCUT2D eigenvalue weighted by molar-refractivity contribution is 0.370. The van der Waals surface area contributed by atoms with E-state index in [0.717, 1.165) is 19.5 Å². The van der Waals surface area contributed by atoms with Crippen molar-refractivity contribution in [2.75, 3.05) is 20.1 Å². The van der Waals surface area contributed by atoms with Gasteiger partial charge in [0.05, 0.1) is 0 Å². The van der Waals surface area contributed by atoms with E-state index in [9.17, 15) is 0 Å². The number of hydrogen-bond acceptors (Lipinski definition) is 2. The summed E-state index contributed by atoms with van der Waals surface area (Å²) in [4.78, 5) is 6.49. The molecule has 0 saturated carbocycles. The van der Waals surface area contributed by atoms with Crippen LogP contribution in [-0.2, 0) is 0 Å². The van der Waals surface area contributed by atoms with Crippen LogP contribution in [0.25, 0.3) is 16.3 Å². The van der Waals surface area contributed by atoms with E-state index in [-0.39, 0.29) is 0 Å². The number of aromatic nitrogens is 1. The minimum absolute atomic E-state index is 1.06. The van der Waals surface area contributed by atoms with Crippen molar-refractivity contribution < 1.29 is 0 Å². The third-order valence-electron chi connectivity index (χ3n) is 3.42. The molecule has 1 aromatic heterocycles. The molecule has 0 spiro atoms. The van der Waals surface area contributed by atoms with Crippen LogP contribution >= 0.6 is 0 Å². The fourth-order valence-corrected chi connectivity index (χ4v) is 2.32. The molecule has 0 amide bonds. The molecule has 0 aliphatic carbocycles. The molecule has 0 radical (unpaired) electrons. The van der Waals surface area contributed by atoms with Crippen LogP contribution in [0.2, 0.25) is 0 Å². The molecule has 1 aliphatic rings. The summed E-state index contributed by atoms with van der Waals surface area (Å²) in [5, 5.41) is 2.49. The average Bonchev–Trinajstić information content (AvgIpc) is 2.39. The highest BCUT2D eigenvalue weighted by Gasteiger charge is 2.09. The predicted octanol–water partition coefficient (Wildman–Crippen LogP) is 2.95. The summed E-state index contributed by atoms with van der Waals surface area (Å²) in [5.74, 6) is 0. The normalized spacial score (nSPS) is 17.1. The maximum atomic E-state index is 4.14. The van der Waals surface area contributed by atoms with Gasteiger partial charge in [-0.25, -0.2) is 0 Å². The first-order chi connectivity index (χ1) is 8.33. The molecule has 0 N–H and O–H groups in total. The van der Waals surface area contributed by atoms with E-state index >= 15 is 0 Å². The van der Waals surface area contributed by atoms with Gasteiger partial charge in [0.2, 0.25) is 0 Å². The van der Waals surface area contributed by atoms with Gasteiger partial charge in [-0.05, 0) is 42.1 Å². The molecule has 3 rings (SSSR count). The molecular formula is C15H16N2. The van der Waals surface area contributed by atoms with E-state index in [0.29, 0.717) is 0 Å². The first-order valence-electron chi connectivity index (χ1n) is 6.05. The summed E-state index contributed by atoms with van der Waals surface area (Å²) < 4.78 is 0. The fraction of sp³-hybridized carbons (Fsp3) is 0.267. The lowest BCUT2D eigenvalue weighted by atomic mass is 9.97. The topological polar surface area (TPSA) is 16.1 Å². The van der Waals surface area contributed by atoms with Crippen molar-refractivity contribution in [3.05, 3.63) is 48.3 Å². The number of likely N-dealkylation sites (N-methyl/N-ethyl adjacent to an activating group) is 1. The zero-order chi connectivity index (χ0) is 11.7. The molecule has 0 unspecified atom stereocenters. The van der Waals surface area contributed by atoms with Crippen LogP contribution in [0.4, 0.5) is 0 Å². The Hall–Kier alpha value is -1.67. The Balaban J connectivity index is 2.01. The quantitative estimate of drug-likeness (QED) is 0.740. The maximum Gasteiger partial charge on any atom is 0.0346 e. The number of hydrogen-bond donors (Lipinski definition) is 0. The van der Waals surface area contributed by atoms with Gasteiger partial charge in [0, 0.05) is 30.9 Å². The lowest BCUT2D eigenvalue weighted by Gasteiger charge is -2.22. The summed E-state index contributed by atoms with van der Waals surface area (Å²) in [5.41, 5.74) is 2.83. The summed E-state index contributed by atoms with van der Waals surface area (Å²) in [6, 6.07) is 8.72. The van der Waals surface area contributed by atoms with Gasteiger partial charge in [-0.2, -0.15) is 0 Å². The molecule has 2 aromatic rings. The number of benzene rings is 1. The predicted molar refractivity (Wildman–Crippen MR) is 71.8 cm³/mol. The Bertz CT molecular complexity index is 572. The SMILES string of the molecule is CN1CC=C(c2ccc3cnccc3c2)CC1. The highest BCUT2D eigenvalue weighted by atomic mass is 15.1. The number of pyridine rings is 1. The van der Waals surface area contributed by atoms with Gasteiger partial charge in [-0.3, -0.25) is 4.98 Å². The molecule has 17 heavy (non-hydrogen) atoms. The lowest BCUT2D eigenvalue weighted by Crippen LogP contribution is -2.23. The molecule has 0 bridgehead atoms. The summed E-state index contributed by atoms with van der Waals surface area (Å²) >= 11 is 0. The third kappa shape index (κ3) is 2.08.